The third-order valence-electron chi connectivity index (χ3n) is 3.74. The molecule has 0 aliphatic carbocycles. The number of hydrogen-bond donors (Lipinski definition) is 2. The van der Waals surface area contributed by atoms with Crippen molar-refractivity contribution in [3.05, 3.63) is 59.7 Å². The number of aliphatic carboxylic acids is 1. The van der Waals surface area contributed by atoms with Gasteiger partial charge in [0, 0.05) is 5.69 Å². The van der Waals surface area contributed by atoms with Crippen molar-refractivity contribution >= 4 is 17.6 Å². The number of carboxylic acid groups (broad SMARTS) is 1. The molecule has 1 unspecified atom stereocenters. The third-order valence-corrected chi connectivity index (χ3v) is 3.74. The average Bonchev–Trinajstić information content (AvgIpc) is 2.60. The van der Waals surface area contributed by atoms with E-state index in [0.29, 0.717) is 17.0 Å². The maximum Gasteiger partial charge on any atom is 0.310 e. The second-order valence-electron chi connectivity index (χ2n) is 5.52. The summed E-state index contributed by atoms with van der Waals surface area (Å²) >= 11 is 0. The molecule has 2 aromatic rings. The Labute approximate surface area is 141 Å². The van der Waals surface area contributed by atoms with Crippen molar-refractivity contribution in [2.75, 3.05) is 11.9 Å². The summed E-state index contributed by atoms with van der Waals surface area (Å²) in [5, 5.41) is 11.8. The van der Waals surface area contributed by atoms with Gasteiger partial charge in [0.2, 0.25) is 0 Å². The van der Waals surface area contributed by atoms with Gasteiger partial charge in [-0.3, -0.25) is 9.59 Å². The largest absolute Gasteiger partial charge is 0.484 e. The number of carboxylic acids is 1. The molecule has 2 aromatic carbocycles. The lowest BCUT2D eigenvalue weighted by Gasteiger charge is -2.11. The number of ether oxygens (including phenoxy) is 1. The Kier molecular flexibility index (Phi) is 5.95. The fourth-order valence-electron chi connectivity index (χ4n) is 2.20. The van der Waals surface area contributed by atoms with Crippen LogP contribution in [0.15, 0.2) is 48.5 Å². The first-order valence-electron chi connectivity index (χ1n) is 7.84. The number of benzene rings is 2. The standard InChI is InChI=1S/C19H21NO4/c1-3-14-7-9-17(10-8-14)24-12-18(21)20-16-6-4-5-15(11-16)13(2)19(22)23/h4-11,13H,3,12H2,1-2H3,(H,20,21)(H,22,23). The van der Waals surface area contributed by atoms with Crippen LogP contribution in [0, 0.1) is 0 Å². The smallest absolute Gasteiger partial charge is 0.310 e. The molecule has 5 nitrogen and oxygen atoms in total. The molecule has 0 saturated heterocycles. The van der Waals surface area contributed by atoms with Gasteiger partial charge in [0.05, 0.1) is 5.92 Å². The van der Waals surface area contributed by atoms with Crippen LogP contribution in [-0.4, -0.2) is 23.6 Å². The van der Waals surface area contributed by atoms with Crippen molar-refractivity contribution in [2.24, 2.45) is 0 Å². The third kappa shape index (κ3) is 4.84. The highest BCUT2D eigenvalue weighted by molar-refractivity contribution is 5.92. The summed E-state index contributed by atoms with van der Waals surface area (Å²) in [6.45, 7) is 3.57. The van der Waals surface area contributed by atoms with Gasteiger partial charge in [0.1, 0.15) is 5.75 Å². The summed E-state index contributed by atoms with van der Waals surface area (Å²) < 4.78 is 5.45. The maximum absolute atomic E-state index is 12.0. The highest BCUT2D eigenvalue weighted by Crippen LogP contribution is 2.19. The molecule has 0 bridgehead atoms. The maximum atomic E-state index is 12.0. The van der Waals surface area contributed by atoms with Crippen LogP contribution in [0.1, 0.15) is 30.9 Å². The van der Waals surface area contributed by atoms with Crippen molar-refractivity contribution in [3.8, 4) is 5.75 Å². The van der Waals surface area contributed by atoms with Gasteiger partial charge in [-0.1, -0.05) is 31.2 Å². The van der Waals surface area contributed by atoms with Gasteiger partial charge in [0.15, 0.2) is 6.61 Å². The van der Waals surface area contributed by atoms with Crippen LogP contribution < -0.4 is 10.1 Å². The molecule has 0 fully saturated rings. The second-order valence-corrected chi connectivity index (χ2v) is 5.52. The van der Waals surface area contributed by atoms with Crippen LogP contribution >= 0.6 is 0 Å². The highest BCUT2D eigenvalue weighted by atomic mass is 16.5. The van der Waals surface area contributed by atoms with Gasteiger partial charge >= 0.3 is 5.97 Å². The molecular weight excluding hydrogens is 306 g/mol. The zero-order valence-corrected chi connectivity index (χ0v) is 13.8. The van der Waals surface area contributed by atoms with E-state index in [-0.39, 0.29) is 12.5 Å². The predicted octanol–water partition coefficient (Wildman–Crippen LogP) is 3.45. The molecule has 0 radical (unpaired) electrons. The van der Waals surface area contributed by atoms with Crippen LogP contribution in [-0.2, 0) is 16.0 Å². The lowest BCUT2D eigenvalue weighted by Crippen LogP contribution is -2.20. The molecule has 5 heteroatoms. The lowest BCUT2D eigenvalue weighted by molar-refractivity contribution is -0.138. The normalized spacial score (nSPS) is 11.6. The molecule has 2 N–H and O–H groups in total. The van der Waals surface area contributed by atoms with Gasteiger partial charge in [-0.25, -0.2) is 0 Å². The molecule has 0 spiro atoms. The molecule has 0 aromatic heterocycles. The molecule has 0 saturated carbocycles. The summed E-state index contributed by atoms with van der Waals surface area (Å²) in [5.74, 6) is -1.20. The summed E-state index contributed by atoms with van der Waals surface area (Å²) in [6.07, 6.45) is 0.950. The molecule has 0 heterocycles. The number of rotatable bonds is 7. The monoisotopic (exact) mass is 327 g/mol. The number of carbonyl (C=O) groups excluding carboxylic acids is 1. The minimum absolute atomic E-state index is 0.107. The number of carbonyl (C=O) groups is 2. The van der Waals surface area contributed by atoms with E-state index >= 15 is 0 Å². The fourth-order valence-corrected chi connectivity index (χ4v) is 2.20. The Morgan fingerprint density at radius 2 is 1.88 bits per heavy atom. The second kappa shape index (κ2) is 8.15. The summed E-state index contributed by atoms with van der Waals surface area (Å²) in [6, 6.07) is 14.4. The first kappa shape index (κ1) is 17.5. The molecular formula is C19H21NO4. The Bertz CT molecular complexity index is 710. The van der Waals surface area contributed by atoms with E-state index in [1.807, 2.05) is 24.3 Å². The van der Waals surface area contributed by atoms with E-state index < -0.39 is 11.9 Å². The predicted molar refractivity (Wildman–Crippen MR) is 92.4 cm³/mol. The Morgan fingerprint density at radius 1 is 1.17 bits per heavy atom. The van der Waals surface area contributed by atoms with E-state index in [2.05, 4.69) is 12.2 Å². The van der Waals surface area contributed by atoms with Gasteiger partial charge < -0.3 is 15.2 Å². The van der Waals surface area contributed by atoms with Crippen LogP contribution in [0.5, 0.6) is 5.75 Å². The topological polar surface area (TPSA) is 75.6 Å². The quantitative estimate of drug-likeness (QED) is 0.816. The Balaban J connectivity index is 1.92. The van der Waals surface area contributed by atoms with Crippen molar-refractivity contribution in [1.82, 2.24) is 0 Å². The number of nitrogens with one attached hydrogen (secondary N) is 1. The molecule has 2 rings (SSSR count). The van der Waals surface area contributed by atoms with E-state index in [4.69, 9.17) is 9.84 Å². The zero-order valence-electron chi connectivity index (χ0n) is 13.8. The van der Waals surface area contributed by atoms with Crippen molar-refractivity contribution in [1.29, 1.82) is 0 Å². The van der Waals surface area contributed by atoms with Crippen LogP contribution in [0.25, 0.3) is 0 Å². The van der Waals surface area contributed by atoms with Crippen LogP contribution in [0.3, 0.4) is 0 Å². The summed E-state index contributed by atoms with van der Waals surface area (Å²) in [5.41, 5.74) is 2.39. The van der Waals surface area contributed by atoms with E-state index in [0.717, 1.165) is 6.42 Å². The van der Waals surface area contributed by atoms with Crippen molar-refractivity contribution < 1.29 is 19.4 Å². The minimum Gasteiger partial charge on any atom is -0.484 e. The highest BCUT2D eigenvalue weighted by Gasteiger charge is 2.14. The lowest BCUT2D eigenvalue weighted by atomic mass is 10.0. The number of amides is 1. The molecule has 1 atom stereocenters. The van der Waals surface area contributed by atoms with Gasteiger partial charge in [-0.05, 0) is 48.7 Å². The number of hydrogen-bond acceptors (Lipinski definition) is 3. The molecule has 0 aliphatic rings. The van der Waals surface area contributed by atoms with Crippen LogP contribution in [0.4, 0.5) is 5.69 Å². The Hall–Kier alpha value is -2.82. The fraction of sp³-hybridized carbons (Fsp3) is 0.263. The van der Waals surface area contributed by atoms with Gasteiger partial charge in [-0.15, -0.1) is 0 Å². The molecule has 24 heavy (non-hydrogen) atoms. The van der Waals surface area contributed by atoms with Crippen molar-refractivity contribution in [3.63, 3.8) is 0 Å². The van der Waals surface area contributed by atoms with E-state index in [1.54, 1.807) is 31.2 Å². The van der Waals surface area contributed by atoms with E-state index in [1.165, 1.54) is 5.56 Å². The summed E-state index contributed by atoms with van der Waals surface area (Å²) in [4.78, 5) is 23.0. The minimum atomic E-state index is -0.905. The SMILES string of the molecule is CCc1ccc(OCC(=O)Nc2cccc(C(C)C(=O)O)c2)cc1. The first-order valence-corrected chi connectivity index (χ1v) is 7.84. The van der Waals surface area contributed by atoms with Crippen molar-refractivity contribution in [2.45, 2.75) is 26.2 Å². The van der Waals surface area contributed by atoms with E-state index in [9.17, 15) is 9.59 Å². The average molecular weight is 327 g/mol. The van der Waals surface area contributed by atoms with Crippen LogP contribution in [0.2, 0.25) is 0 Å². The molecule has 0 aliphatic heterocycles. The van der Waals surface area contributed by atoms with Gasteiger partial charge in [0.25, 0.3) is 5.91 Å². The number of aryl methyl sites for hydroxylation is 1. The molecule has 1 amide bonds. The molecule has 126 valence electrons. The first-order chi connectivity index (χ1) is 11.5. The summed E-state index contributed by atoms with van der Waals surface area (Å²) in [7, 11) is 0. The number of anilines is 1. The zero-order chi connectivity index (χ0) is 17.5. The van der Waals surface area contributed by atoms with Gasteiger partial charge in [-0.2, -0.15) is 0 Å². The Morgan fingerprint density at radius 3 is 2.50 bits per heavy atom.